The van der Waals surface area contributed by atoms with Crippen LogP contribution in [0.4, 0.5) is 0 Å². The van der Waals surface area contributed by atoms with Crippen molar-refractivity contribution in [1.82, 2.24) is 14.9 Å². The Balaban J connectivity index is 1.49. The predicted molar refractivity (Wildman–Crippen MR) is 129 cm³/mol. The molecule has 0 amide bonds. The highest BCUT2D eigenvalue weighted by Gasteiger charge is 2.12. The number of rotatable bonds is 7. The molecular weight excluding hydrogens is 528 g/mol. The van der Waals surface area contributed by atoms with Crippen molar-refractivity contribution in [2.75, 3.05) is 5.43 Å². The molecule has 4 rings (SSSR count). The Bertz CT molecular complexity index is 1170. The molecule has 8 heteroatoms. The normalized spacial score (nSPS) is 10.7. The molecule has 0 radical (unpaired) electrons. The van der Waals surface area contributed by atoms with Gasteiger partial charge in [0.1, 0.15) is 12.4 Å². The van der Waals surface area contributed by atoms with Crippen molar-refractivity contribution in [3.63, 3.8) is 0 Å². The molecule has 0 aliphatic heterocycles. The van der Waals surface area contributed by atoms with E-state index >= 15 is 0 Å². The lowest BCUT2D eigenvalue weighted by atomic mass is 10.2. The van der Waals surface area contributed by atoms with Gasteiger partial charge in [0.2, 0.25) is 4.77 Å². The van der Waals surface area contributed by atoms with E-state index in [2.05, 4.69) is 47.5 Å². The summed E-state index contributed by atoms with van der Waals surface area (Å²) >= 11 is 12.6. The van der Waals surface area contributed by atoms with Crippen LogP contribution in [0.25, 0.3) is 11.4 Å². The molecule has 0 atom stereocenters. The van der Waals surface area contributed by atoms with Crippen LogP contribution in [0.3, 0.4) is 0 Å². The molecule has 4 aromatic rings. The monoisotopic (exact) mass is 544 g/mol. The van der Waals surface area contributed by atoms with E-state index in [4.69, 9.17) is 17.0 Å². The summed E-state index contributed by atoms with van der Waals surface area (Å²) in [7, 11) is 0. The van der Waals surface area contributed by atoms with Crippen LogP contribution >= 0.6 is 44.1 Å². The number of H-pyrrole nitrogens is 1. The number of ether oxygens (including phenoxy) is 1. The van der Waals surface area contributed by atoms with Gasteiger partial charge in [0, 0.05) is 5.56 Å². The van der Waals surface area contributed by atoms with E-state index in [1.807, 2.05) is 72.8 Å². The van der Waals surface area contributed by atoms with E-state index in [9.17, 15) is 0 Å². The van der Waals surface area contributed by atoms with Gasteiger partial charge in [-0.05, 0) is 67.3 Å². The molecule has 30 heavy (non-hydrogen) atoms. The summed E-state index contributed by atoms with van der Waals surface area (Å²) < 4.78 is 10.1. The minimum absolute atomic E-state index is 0.500. The van der Waals surface area contributed by atoms with Crippen molar-refractivity contribution < 1.29 is 4.74 Å². The summed E-state index contributed by atoms with van der Waals surface area (Å²) in [6, 6.07) is 24.0. The van der Waals surface area contributed by atoms with Crippen LogP contribution in [0, 0.1) is 4.77 Å². The van der Waals surface area contributed by atoms with E-state index in [0.717, 1.165) is 37.2 Å². The molecule has 5 nitrogen and oxygen atoms in total. The predicted octanol–water partition coefficient (Wildman–Crippen LogP) is 6.46. The molecule has 2 N–H and O–H groups in total. The van der Waals surface area contributed by atoms with Crippen molar-refractivity contribution >= 4 is 44.1 Å². The zero-order valence-corrected chi connectivity index (χ0v) is 19.8. The van der Waals surface area contributed by atoms with E-state index in [-0.39, 0.29) is 0 Å². The van der Waals surface area contributed by atoms with Crippen molar-refractivity contribution in [2.24, 2.45) is 0 Å². The van der Waals surface area contributed by atoms with Crippen LogP contribution in [0.1, 0.15) is 11.1 Å². The van der Waals surface area contributed by atoms with Crippen LogP contribution in [-0.4, -0.2) is 14.9 Å². The molecule has 0 fully saturated rings. The van der Waals surface area contributed by atoms with E-state index in [0.29, 0.717) is 17.9 Å². The van der Waals surface area contributed by atoms with Gasteiger partial charge >= 0.3 is 0 Å². The second-order valence-electron chi connectivity index (χ2n) is 6.55. The molecule has 152 valence electrons. The van der Waals surface area contributed by atoms with E-state index < -0.39 is 0 Å². The van der Waals surface area contributed by atoms with Crippen molar-refractivity contribution in [3.8, 4) is 17.1 Å². The lowest BCUT2D eigenvalue weighted by Gasteiger charge is -2.14. The summed E-state index contributed by atoms with van der Waals surface area (Å²) in [4.78, 5) is 0. The summed E-state index contributed by atoms with van der Waals surface area (Å²) in [5.41, 5.74) is 6.49. The lowest BCUT2D eigenvalue weighted by Crippen LogP contribution is -2.16. The van der Waals surface area contributed by atoms with Crippen molar-refractivity contribution in [2.45, 2.75) is 13.2 Å². The van der Waals surface area contributed by atoms with Crippen molar-refractivity contribution in [1.29, 1.82) is 0 Å². The molecule has 0 saturated carbocycles. The number of hydrogen-bond acceptors (Lipinski definition) is 4. The fourth-order valence-electron chi connectivity index (χ4n) is 2.98. The van der Waals surface area contributed by atoms with Gasteiger partial charge in [-0.3, -0.25) is 0 Å². The Kier molecular flexibility index (Phi) is 6.66. The number of nitrogens with one attached hydrogen (secondary N) is 2. The first-order valence-corrected chi connectivity index (χ1v) is 11.2. The first-order valence-electron chi connectivity index (χ1n) is 9.23. The highest BCUT2D eigenvalue weighted by atomic mass is 79.9. The minimum atomic E-state index is 0.500. The number of aromatic amines is 1. The molecule has 1 heterocycles. The zero-order chi connectivity index (χ0) is 20.9. The van der Waals surface area contributed by atoms with Gasteiger partial charge in [-0.25, -0.2) is 9.77 Å². The average molecular weight is 546 g/mol. The Labute approximate surface area is 196 Å². The second kappa shape index (κ2) is 9.59. The number of nitrogens with zero attached hydrogens (tertiary/aromatic N) is 2. The Morgan fingerprint density at radius 3 is 2.23 bits per heavy atom. The topological polar surface area (TPSA) is 54.9 Å². The SMILES string of the molecule is S=c1[nH]nc(-c2ccccc2)n1NCc1cc(Br)c(OCc2ccccc2)c(Br)c1. The second-order valence-corrected chi connectivity index (χ2v) is 8.65. The number of benzene rings is 3. The number of hydrogen-bond donors (Lipinski definition) is 2. The van der Waals surface area contributed by atoms with Gasteiger partial charge < -0.3 is 10.2 Å². The Hall–Kier alpha value is -2.42. The molecule has 0 bridgehead atoms. The third-order valence-corrected chi connectivity index (χ3v) is 5.88. The first kappa shape index (κ1) is 20.8. The van der Waals surface area contributed by atoms with Gasteiger partial charge in [-0.1, -0.05) is 60.7 Å². The maximum absolute atomic E-state index is 6.00. The minimum Gasteiger partial charge on any atom is -0.487 e. The highest BCUT2D eigenvalue weighted by molar-refractivity contribution is 9.11. The van der Waals surface area contributed by atoms with Crippen molar-refractivity contribution in [3.05, 3.63) is 97.6 Å². The summed E-state index contributed by atoms with van der Waals surface area (Å²) in [5.74, 6) is 1.51. The molecular formula is C22H18Br2N4OS. The molecule has 0 spiro atoms. The van der Waals surface area contributed by atoms with Gasteiger partial charge in [0.05, 0.1) is 15.5 Å². The maximum atomic E-state index is 6.00. The third-order valence-electron chi connectivity index (χ3n) is 4.43. The standard InChI is InChI=1S/C22H18Br2N4OS/c23-18-11-16(12-19(24)20(18)29-14-15-7-3-1-4-8-15)13-25-28-21(26-27-22(28)30)17-9-5-2-6-10-17/h1-12,25H,13-14H2,(H,27,30). The van der Waals surface area contributed by atoms with Crippen LogP contribution < -0.4 is 10.2 Å². The summed E-state index contributed by atoms with van der Waals surface area (Å²) in [5, 5.41) is 7.20. The smallest absolute Gasteiger partial charge is 0.214 e. The molecule has 0 saturated heterocycles. The zero-order valence-electron chi connectivity index (χ0n) is 15.8. The summed E-state index contributed by atoms with van der Waals surface area (Å²) in [6.07, 6.45) is 0. The number of aromatic nitrogens is 3. The third kappa shape index (κ3) is 4.83. The van der Waals surface area contributed by atoms with Gasteiger partial charge in [-0.2, -0.15) is 5.10 Å². The van der Waals surface area contributed by atoms with Crippen LogP contribution in [0.15, 0.2) is 81.7 Å². The lowest BCUT2D eigenvalue weighted by molar-refractivity contribution is 0.302. The highest BCUT2D eigenvalue weighted by Crippen LogP contribution is 2.35. The van der Waals surface area contributed by atoms with Crippen LogP contribution in [-0.2, 0) is 13.2 Å². The molecule has 0 aliphatic rings. The molecule has 3 aromatic carbocycles. The van der Waals surface area contributed by atoms with E-state index in [1.165, 1.54) is 0 Å². The number of halogens is 2. The Morgan fingerprint density at radius 2 is 1.57 bits per heavy atom. The van der Waals surface area contributed by atoms with Gasteiger partial charge in [0.15, 0.2) is 5.82 Å². The van der Waals surface area contributed by atoms with E-state index in [1.54, 1.807) is 4.68 Å². The average Bonchev–Trinajstić information content (AvgIpc) is 3.13. The fourth-order valence-corrected chi connectivity index (χ4v) is 4.68. The van der Waals surface area contributed by atoms with Gasteiger partial charge in [0.25, 0.3) is 0 Å². The maximum Gasteiger partial charge on any atom is 0.214 e. The van der Waals surface area contributed by atoms with Crippen LogP contribution in [0.2, 0.25) is 0 Å². The molecule has 0 aliphatic carbocycles. The fraction of sp³-hybridized carbons (Fsp3) is 0.0909. The first-order chi connectivity index (χ1) is 14.6. The van der Waals surface area contributed by atoms with Gasteiger partial charge in [-0.15, -0.1) is 0 Å². The Morgan fingerprint density at radius 1 is 0.933 bits per heavy atom. The summed E-state index contributed by atoms with van der Waals surface area (Å²) in [6.45, 7) is 1.06. The largest absolute Gasteiger partial charge is 0.487 e. The molecule has 0 unspecified atom stereocenters. The quantitative estimate of drug-likeness (QED) is 0.262. The van der Waals surface area contributed by atoms with Crippen LogP contribution in [0.5, 0.6) is 5.75 Å². The molecule has 1 aromatic heterocycles.